The quantitative estimate of drug-likeness (QED) is 0.701. The van der Waals surface area contributed by atoms with Crippen molar-refractivity contribution in [1.82, 2.24) is 4.98 Å². The standard InChI is InChI=1S/C15H21NS2/c1-6-11-7-12(17-14(11)10(4)5)15-16-8-13(18-15)9(2)3/h7-10H,6H2,1-5H3. The van der Waals surface area contributed by atoms with Crippen LogP contribution >= 0.6 is 22.7 Å². The number of hydrogen-bond acceptors (Lipinski definition) is 3. The van der Waals surface area contributed by atoms with Crippen molar-refractivity contribution in [2.45, 2.75) is 52.9 Å². The topological polar surface area (TPSA) is 12.9 Å². The van der Waals surface area contributed by atoms with Gasteiger partial charge in [0.15, 0.2) is 0 Å². The monoisotopic (exact) mass is 279 g/mol. The van der Waals surface area contributed by atoms with Gasteiger partial charge in [0.2, 0.25) is 0 Å². The van der Waals surface area contributed by atoms with E-state index in [1.807, 2.05) is 28.9 Å². The van der Waals surface area contributed by atoms with Crippen LogP contribution in [0.25, 0.3) is 9.88 Å². The molecule has 0 aliphatic rings. The van der Waals surface area contributed by atoms with Crippen LogP contribution < -0.4 is 0 Å². The highest BCUT2D eigenvalue weighted by molar-refractivity contribution is 7.22. The summed E-state index contributed by atoms with van der Waals surface area (Å²) in [4.78, 5) is 8.82. The van der Waals surface area contributed by atoms with Crippen LogP contribution in [0, 0.1) is 0 Å². The van der Waals surface area contributed by atoms with Crippen LogP contribution in [0.2, 0.25) is 0 Å². The van der Waals surface area contributed by atoms with Gasteiger partial charge in [-0.05, 0) is 29.9 Å². The Bertz CT molecular complexity index is 520. The third kappa shape index (κ3) is 2.67. The molecule has 2 heterocycles. The van der Waals surface area contributed by atoms with E-state index < -0.39 is 0 Å². The Morgan fingerprint density at radius 1 is 1.11 bits per heavy atom. The molecule has 0 atom stereocenters. The first kappa shape index (κ1) is 13.8. The minimum atomic E-state index is 0.575. The molecule has 0 saturated carbocycles. The lowest BCUT2D eigenvalue weighted by molar-refractivity contribution is 0.870. The Morgan fingerprint density at radius 3 is 2.28 bits per heavy atom. The summed E-state index contributed by atoms with van der Waals surface area (Å²) in [7, 11) is 0. The number of hydrogen-bond donors (Lipinski definition) is 0. The molecule has 0 fully saturated rings. The van der Waals surface area contributed by atoms with Gasteiger partial charge in [0.1, 0.15) is 5.01 Å². The van der Waals surface area contributed by atoms with Crippen molar-refractivity contribution >= 4 is 22.7 Å². The van der Waals surface area contributed by atoms with Crippen molar-refractivity contribution in [1.29, 1.82) is 0 Å². The van der Waals surface area contributed by atoms with Gasteiger partial charge in [-0.1, -0.05) is 34.6 Å². The maximum atomic E-state index is 4.58. The van der Waals surface area contributed by atoms with Gasteiger partial charge in [-0.2, -0.15) is 0 Å². The van der Waals surface area contributed by atoms with Gasteiger partial charge >= 0.3 is 0 Å². The van der Waals surface area contributed by atoms with Gasteiger partial charge in [0, 0.05) is 16.0 Å². The zero-order valence-corrected chi connectivity index (χ0v) is 13.4. The Balaban J connectivity index is 2.38. The molecule has 0 aliphatic carbocycles. The summed E-state index contributed by atoms with van der Waals surface area (Å²) in [6.07, 6.45) is 3.15. The predicted molar refractivity (Wildman–Crippen MR) is 83.0 cm³/mol. The molecule has 0 saturated heterocycles. The first-order valence-electron chi connectivity index (χ1n) is 6.61. The predicted octanol–water partition coefficient (Wildman–Crippen LogP) is 5.68. The van der Waals surface area contributed by atoms with Crippen LogP contribution in [0.15, 0.2) is 12.3 Å². The Kier molecular flexibility index (Phi) is 4.23. The summed E-state index contributed by atoms with van der Waals surface area (Å²) in [5.74, 6) is 1.19. The molecule has 2 aromatic heterocycles. The van der Waals surface area contributed by atoms with Crippen molar-refractivity contribution in [2.75, 3.05) is 0 Å². The van der Waals surface area contributed by atoms with E-state index in [0.29, 0.717) is 11.8 Å². The second kappa shape index (κ2) is 5.54. The number of thiophene rings is 1. The van der Waals surface area contributed by atoms with Crippen molar-refractivity contribution in [3.05, 3.63) is 27.6 Å². The minimum absolute atomic E-state index is 0.575. The molecule has 0 spiro atoms. The lowest BCUT2D eigenvalue weighted by Gasteiger charge is -2.03. The highest BCUT2D eigenvalue weighted by Crippen LogP contribution is 2.38. The van der Waals surface area contributed by atoms with E-state index in [9.17, 15) is 0 Å². The van der Waals surface area contributed by atoms with Crippen LogP contribution in [0.5, 0.6) is 0 Å². The molecule has 98 valence electrons. The second-order valence-electron chi connectivity index (χ2n) is 5.23. The first-order valence-corrected chi connectivity index (χ1v) is 8.24. The summed E-state index contributed by atoms with van der Waals surface area (Å²) in [5, 5.41) is 1.19. The highest BCUT2D eigenvalue weighted by Gasteiger charge is 2.15. The normalized spacial score (nSPS) is 11.7. The number of rotatable bonds is 4. The van der Waals surface area contributed by atoms with Crippen molar-refractivity contribution < 1.29 is 0 Å². The maximum absolute atomic E-state index is 4.58. The number of aryl methyl sites for hydroxylation is 1. The van der Waals surface area contributed by atoms with E-state index in [1.165, 1.54) is 25.2 Å². The summed E-state index contributed by atoms with van der Waals surface area (Å²) in [5.41, 5.74) is 1.49. The van der Waals surface area contributed by atoms with Crippen LogP contribution in [-0.4, -0.2) is 4.98 Å². The van der Waals surface area contributed by atoms with Crippen molar-refractivity contribution in [3.63, 3.8) is 0 Å². The van der Waals surface area contributed by atoms with Crippen LogP contribution in [0.4, 0.5) is 0 Å². The molecule has 3 heteroatoms. The number of nitrogens with zero attached hydrogens (tertiary/aromatic N) is 1. The average molecular weight is 279 g/mol. The van der Waals surface area contributed by atoms with E-state index in [-0.39, 0.29) is 0 Å². The van der Waals surface area contributed by atoms with Gasteiger partial charge in [-0.3, -0.25) is 0 Å². The fraction of sp³-hybridized carbons (Fsp3) is 0.533. The molecule has 2 aromatic rings. The van der Waals surface area contributed by atoms with E-state index in [0.717, 1.165) is 6.42 Å². The fourth-order valence-corrected chi connectivity index (χ4v) is 4.21. The van der Waals surface area contributed by atoms with E-state index in [4.69, 9.17) is 0 Å². The molecule has 0 N–H and O–H groups in total. The molecule has 0 aromatic carbocycles. The first-order chi connectivity index (χ1) is 8.52. The van der Waals surface area contributed by atoms with E-state index >= 15 is 0 Å². The average Bonchev–Trinajstić information content (AvgIpc) is 2.95. The number of thiazole rings is 1. The Morgan fingerprint density at radius 2 is 1.83 bits per heavy atom. The van der Waals surface area contributed by atoms with E-state index in [2.05, 4.69) is 45.7 Å². The second-order valence-corrected chi connectivity index (χ2v) is 7.38. The lowest BCUT2D eigenvalue weighted by atomic mass is 10.1. The van der Waals surface area contributed by atoms with Gasteiger partial charge in [0.05, 0.1) is 4.88 Å². The van der Waals surface area contributed by atoms with Crippen LogP contribution in [0.1, 0.15) is 61.8 Å². The fourth-order valence-electron chi connectivity index (χ4n) is 1.98. The Hall–Kier alpha value is -0.670. The minimum Gasteiger partial charge on any atom is -0.243 e. The third-order valence-electron chi connectivity index (χ3n) is 3.05. The van der Waals surface area contributed by atoms with Gasteiger partial charge < -0.3 is 0 Å². The number of aromatic nitrogens is 1. The molecule has 0 bridgehead atoms. The molecule has 18 heavy (non-hydrogen) atoms. The molecular weight excluding hydrogens is 258 g/mol. The molecule has 0 aliphatic heterocycles. The Labute approximate surface area is 118 Å². The van der Waals surface area contributed by atoms with E-state index in [1.54, 1.807) is 0 Å². The maximum Gasteiger partial charge on any atom is 0.133 e. The summed E-state index contributed by atoms with van der Waals surface area (Å²) < 4.78 is 0. The SMILES string of the molecule is CCc1cc(-c2ncc(C(C)C)s2)sc1C(C)C. The van der Waals surface area contributed by atoms with Gasteiger partial charge in [0.25, 0.3) is 0 Å². The molecule has 0 unspecified atom stereocenters. The zero-order chi connectivity index (χ0) is 13.3. The zero-order valence-electron chi connectivity index (χ0n) is 11.8. The summed E-state index contributed by atoms with van der Waals surface area (Å²) in [6.45, 7) is 11.2. The smallest absolute Gasteiger partial charge is 0.133 e. The largest absolute Gasteiger partial charge is 0.243 e. The van der Waals surface area contributed by atoms with Crippen LogP contribution in [-0.2, 0) is 6.42 Å². The third-order valence-corrected chi connectivity index (χ3v) is 6.00. The molecule has 0 amide bonds. The van der Waals surface area contributed by atoms with Gasteiger partial charge in [-0.25, -0.2) is 4.98 Å². The van der Waals surface area contributed by atoms with Crippen molar-refractivity contribution in [3.8, 4) is 9.88 Å². The summed E-state index contributed by atoms with van der Waals surface area (Å²) in [6, 6.07) is 2.34. The van der Waals surface area contributed by atoms with Crippen molar-refractivity contribution in [2.24, 2.45) is 0 Å². The van der Waals surface area contributed by atoms with Gasteiger partial charge in [-0.15, -0.1) is 22.7 Å². The lowest BCUT2D eigenvalue weighted by Crippen LogP contribution is -1.87. The van der Waals surface area contributed by atoms with Crippen LogP contribution in [0.3, 0.4) is 0 Å². The molecule has 0 radical (unpaired) electrons. The summed E-state index contributed by atoms with van der Waals surface area (Å²) >= 11 is 3.76. The highest BCUT2D eigenvalue weighted by atomic mass is 32.1. The molecule has 1 nitrogen and oxygen atoms in total. The molecular formula is C15H21NS2. The molecule has 2 rings (SSSR count).